The van der Waals surface area contributed by atoms with Crippen LogP contribution in [0.1, 0.15) is 70.6 Å². The minimum atomic E-state index is 0. The SMILES string of the molecule is C1CCCC(NC2=NCCNC23CCCCC3)CC1.Cl. The smallest absolute Gasteiger partial charge is 0.117 e. The minimum absolute atomic E-state index is 0. The summed E-state index contributed by atoms with van der Waals surface area (Å²) in [6.07, 6.45) is 15.0. The summed E-state index contributed by atoms with van der Waals surface area (Å²) in [6, 6.07) is 0.681. The van der Waals surface area contributed by atoms with Crippen LogP contribution in [0.25, 0.3) is 0 Å². The molecule has 2 fully saturated rings. The summed E-state index contributed by atoms with van der Waals surface area (Å²) >= 11 is 0. The Kier molecular flexibility index (Phi) is 6.16. The van der Waals surface area contributed by atoms with Crippen molar-refractivity contribution in [3.63, 3.8) is 0 Å². The Morgan fingerprint density at radius 3 is 2.30 bits per heavy atom. The number of aliphatic imine (C=N–C) groups is 1. The number of nitrogens with zero attached hydrogens (tertiary/aromatic N) is 1. The van der Waals surface area contributed by atoms with E-state index in [2.05, 4.69) is 10.6 Å². The Morgan fingerprint density at radius 1 is 0.950 bits per heavy atom. The van der Waals surface area contributed by atoms with Crippen LogP contribution in [-0.4, -0.2) is 30.5 Å². The van der Waals surface area contributed by atoms with Crippen LogP contribution in [0.3, 0.4) is 0 Å². The molecular formula is C16H30ClN3. The van der Waals surface area contributed by atoms with Crippen LogP contribution in [0.15, 0.2) is 4.99 Å². The van der Waals surface area contributed by atoms with Crippen LogP contribution >= 0.6 is 12.4 Å². The van der Waals surface area contributed by atoms with Crippen LogP contribution in [0.2, 0.25) is 0 Å². The van der Waals surface area contributed by atoms with Gasteiger partial charge in [0, 0.05) is 12.6 Å². The Morgan fingerprint density at radius 2 is 1.60 bits per heavy atom. The largest absolute Gasteiger partial charge is 0.370 e. The van der Waals surface area contributed by atoms with Gasteiger partial charge < -0.3 is 10.6 Å². The molecule has 0 bridgehead atoms. The summed E-state index contributed by atoms with van der Waals surface area (Å²) in [7, 11) is 0. The van der Waals surface area contributed by atoms with Gasteiger partial charge in [-0.1, -0.05) is 44.9 Å². The first-order valence-electron chi connectivity index (χ1n) is 8.46. The Labute approximate surface area is 129 Å². The van der Waals surface area contributed by atoms with E-state index in [1.54, 1.807) is 0 Å². The van der Waals surface area contributed by atoms with E-state index in [0.29, 0.717) is 6.04 Å². The first kappa shape index (κ1) is 16.1. The Hall–Kier alpha value is -0.280. The molecule has 116 valence electrons. The molecule has 3 nitrogen and oxygen atoms in total. The lowest BCUT2D eigenvalue weighted by atomic mass is 9.79. The highest BCUT2D eigenvalue weighted by atomic mass is 35.5. The molecule has 2 saturated carbocycles. The van der Waals surface area contributed by atoms with Crippen molar-refractivity contribution < 1.29 is 0 Å². The van der Waals surface area contributed by atoms with Crippen LogP contribution in [-0.2, 0) is 0 Å². The molecule has 1 spiro atoms. The molecule has 3 rings (SSSR count). The lowest BCUT2D eigenvalue weighted by Crippen LogP contribution is -2.62. The van der Waals surface area contributed by atoms with Crippen LogP contribution in [0.4, 0.5) is 0 Å². The minimum Gasteiger partial charge on any atom is -0.370 e. The van der Waals surface area contributed by atoms with Crippen LogP contribution in [0.5, 0.6) is 0 Å². The highest BCUT2D eigenvalue weighted by molar-refractivity contribution is 5.92. The highest BCUT2D eigenvalue weighted by Gasteiger charge is 2.39. The summed E-state index contributed by atoms with van der Waals surface area (Å²) in [5, 5.41) is 7.64. The fourth-order valence-electron chi connectivity index (χ4n) is 4.07. The molecule has 1 heterocycles. The third-order valence-electron chi connectivity index (χ3n) is 5.20. The average molecular weight is 300 g/mol. The fourth-order valence-corrected chi connectivity index (χ4v) is 4.07. The molecule has 0 atom stereocenters. The zero-order valence-corrected chi connectivity index (χ0v) is 13.4. The van der Waals surface area contributed by atoms with Crippen molar-refractivity contribution in [2.45, 2.75) is 82.2 Å². The summed E-state index contributed by atoms with van der Waals surface area (Å²) in [5.41, 5.74) is 0.211. The zero-order chi connectivity index (χ0) is 13.0. The molecule has 3 aliphatic rings. The van der Waals surface area contributed by atoms with Crippen molar-refractivity contribution in [2.75, 3.05) is 13.1 Å². The molecule has 2 N–H and O–H groups in total. The Balaban J connectivity index is 0.00000147. The van der Waals surface area contributed by atoms with Crippen LogP contribution in [0, 0.1) is 0 Å². The summed E-state index contributed by atoms with van der Waals surface area (Å²) in [4.78, 5) is 4.87. The number of halogens is 1. The summed E-state index contributed by atoms with van der Waals surface area (Å²) in [6.45, 7) is 2.02. The molecule has 4 heteroatoms. The van der Waals surface area contributed by atoms with Crippen molar-refractivity contribution in [3.8, 4) is 0 Å². The fraction of sp³-hybridized carbons (Fsp3) is 0.938. The number of rotatable bonds is 1. The predicted molar refractivity (Wildman–Crippen MR) is 88.0 cm³/mol. The van der Waals surface area contributed by atoms with Gasteiger partial charge in [0.1, 0.15) is 5.84 Å². The van der Waals surface area contributed by atoms with Crippen molar-refractivity contribution >= 4 is 18.2 Å². The second-order valence-electron chi connectivity index (χ2n) is 6.63. The van der Waals surface area contributed by atoms with Gasteiger partial charge in [0.15, 0.2) is 0 Å². The molecule has 1 aliphatic heterocycles. The molecule has 2 aliphatic carbocycles. The van der Waals surface area contributed by atoms with Gasteiger partial charge in [-0.25, -0.2) is 0 Å². The molecule has 0 unspecified atom stereocenters. The summed E-state index contributed by atoms with van der Waals surface area (Å²) < 4.78 is 0. The first-order chi connectivity index (χ1) is 9.39. The van der Waals surface area contributed by atoms with Gasteiger partial charge in [0.25, 0.3) is 0 Å². The molecule has 0 aromatic rings. The standard InChI is InChI=1S/C16H29N3.ClH/c1-2-5-9-14(8-4-1)19-15-16(18-13-12-17-15)10-6-3-7-11-16;/h14,18H,1-13H2,(H,17,19);1H. The van der Waals surface area contributed by atoms with E-state index in [1.165, 1.54) is 76.5 Å². The van der Waals surface area contributed by atoms with E-state index in [0.717, 1.165) is 13.1 Å². The average Bonchev–Trinajstić information content (AvgIpc) is 2.71. The van der Waals surface area contributed by atoms with E-state index in [1.807, 2.05) is 0 Å². The lowest BCUT2D eigenvalue weighted by molar-refractivity contribution is 0.294. The molecule has 0 saturated heterocycles. The molecule has 0 aromatic heterocycles. The number of hydrogen-bond donors (Lipinski definition) is 2. The maximum atomic E-state index is 4.87. The maximum absolute atomic E-state index is 4.87. The topological polar surface area (TPSA) is 36.4 Å². The third kappa shape index (κ3) is 3.67. The molecule has 0 radical (unpaired) electrons. The van der Waals surface area contributed by atoms with Gasteiger partial charge in [-0.15, -0.1) is 12.4 Å². The monoisotopic (exact) mass is 299 g/mol. The molecule has 0 aromatic carbocycles. The van der Waals surface area contributed by atoms with Crippen molar-refractivity contribution in [2.24, 2.45) is 4.99 Å². The van der Waals surface area contributed by atoms with Gasteiger partial charge >= 0.3 is 0 Å². The van der Waals surface area contributed by atoms with Crippen molar-refractivity contribution in [1.29, 1.82) is 0 Å². The second kappa shape index (κ2) is 7.65. The quantitative estimate of drug-likeness (QED) is 0.728. The van der Waals surface area contributed by atoms with Crippen molar-refractivity contribution in [1.82, 2.24) is 10.6 Å². The van der Waals surface area contributed by atoms with Gasteiger partial charge in [-0.2, -0.15) is 0 Å². The lowest BCUT2D eigenvalue weighted by Gasteiger charge is -2.43. The Bertz CT molecular complexity index is 316. The highest BCUT2D eigenvalue weighted by Crippen LogP contribution is 2.31. The summed E-state index contributed by atoms with van der Waals surface area (Å²) in [5.74, 6) is 1.31. The molecule has 0 amide bonds. The van der Waals surface area contributed by atoms with E-state index < -0.39 is 0 Å². The van der Waals surface area contributed by atoms with E-state index in [-0.39, 0.29) is 17.9 Å². The van der Waals surface area contributed by atoms with Gasteiger partial charge in [-0.3, -0.25) is 4.99 Å². The van der Waals surface area contributed by atoms with Gasteiger partial charge in [-0.05, 0) is 25.7 Å². The molecule has 20 heavy (non-hydrogen) atoms. The molecular weight excluding hydrogens is 270 g/mol. The second-order valence-corrected chi connectivity index (χ2v) is 6.63. The van der Waals surface area contributed by atoms with E-state index in [9.17, 15) is 0 Å². The normalized spacial score (nSPS) is 27.3. The maximum Gasteiger partial charge on any atom is 0.117 e. The van der Waals surface area contributed by atoms with Gasteiger partial charge in [0.2, 0.25) is 0 Å². The number of hydrogen-bond acceptors (Lipinski definition) is 3. The van der Waals surface area contributed by atoms with Crippen LogP contribution < -0.4 is 10.6 Å². The predicted octanol–water partition coefficient (Wildman–Crippen LogP) is 3.43. The van der Waals surface area contributed by atoms with E-state index >= 15 is 0 Å². The zero-order valence-electron chi connectivity index (χ0n) is 12.6. The third-order valence-corrected chi connectivity index (χ3v) is 5.20. The van der Waals surface area contributed by atoms with Gasteiger partial charge in [0.05, 0.1) is 12.1 Å². The first-order valence-corrected chi connectivity index (χ1v) is 8.46. The number of nitrogens with one attached hydrogen (secondary N) is 2. The number of amidine groups is 1. The van der Waals surface area contributed by atoms with E-state index in [4.69, 9.17) is 4.99 Å². The van der Waals surface area contributed by atoms with Crippen molar-refractivity contribution in [3.05, 3.63) is 0 Å².